The first-order valence-corrected chi connectivity index (χ1v) is 8.86. The van der Waals surface area contributed by atoms with Crippen molar-refractivity contribution in [1.29, 1.82) is 0 Å². The molecule has 0 aliphatic rings. The van der Waals surface area contributed by atoms with Crippen LogP contribution in [0.2, 0.25) is 0 Å². The normalized spacial score (nSPS) is 11.3. The molecular weight excluding hydrogens is 280 g/mol. The molecule has 0 aliphatic carbocycles. The number of benzene rings is 2. The Morgan fingerprint density at radius 3 is 2.57 bits per heavy atom. The van der Waals surface area contributed by atoms with Crippen LogP contribution in [0.5, 0.6) is 0 Å². The van der Waals surface area contributed by atoms with E-state index in [9.17, 15) is 0 Å². The predicted molar refractivity (Wildman–Crippen MR) is 101 cm³/mol. The van der Waals surface area contributed by atoms with E-state index in [0.717, 1.165) is 28.5 Å². The Balaban J connectivity index is 1.72. The molecule has 3 aromatic rings. The molecule has 0 amide bonds. The van der Waals surface area contributed by atoms with Crippen molar-refractivity contribution in [3.63, 3.8) is 0 Å². The summed E-state index contributed by atoms with van der Waals surface area (Å²) in [6.45, 7) is 2.26. The Kier molecular flexibility index (Phi) is 5.12. The van der Waals surface area contributed by atoms with Crippen LogP contribution in [0.4, 0.5) is 5.69 Å². The predicted octanol–water partition coefficient (Wildman–Crippen LogP) is 5.87. The zero-order valence-electron chi connectivity index (χ0n) is 14.0. The van der Waals surface area contributed by atoms with Crippen molar-refractivity contribution < 1.29 is 0 Å². The van der Waals surface area contributed by atoms with Gasteiger partial charge >= 0.3 is 0 Å². The van der Waals surface area contributed by atoms with Gasteiger partial charge in [0.15, 0.2) is 0 Å². The van der Waals surface area contributed by atoms with Gasteiger partial charge in [-0.05, 0) is 42.7 Å². The van der Waals surface area contributed by atoms with E-state index in [1.54, 1.807) is 0 Å². The molecule has 120 valence electrons. The molecule has 23 heavy (non-hydrogen) atoms. The van der Waals surface area contributed by atoms with E-state index in [4.69, 9.17) is 10.7 Å². The van der Waals surface area contributed by atoms with Crippen LogP contribution in [-0.2, 0) is 6.42 Å². The lowest BCUT2D eigenvalue weighted by molar-refractivity contribution is 0.607. The van der Waals surface area contributed by atoms with Crippen LogP contribution in [0.25, 0.3) is 21.8 Å². The zero-order chi connectivity index (χ0) is 16.1. The van der Waals surface area contributed by atoms with Gasteiger partial charge < -0.3 is 5.73 Å². The topological polar surface area (TPSA) is 38.9 Å². The molecule has 2 heteroatoms. The second kappa shape index (κ2) is 7.45. The highest BCUT2D eigenvalue weighted by Crippen LogP contribution is 2.25. The zero-order valence-corrected chi connectivity index (χ0v) is 14.0. The van der Waals surface area contributed by atoms with E-state index in [1.807, 2.05) is 18.2 Å². The number of aromatic nitrogens is 1. The number of nitrogen functional groups attached to an aromatic ring is 1. The van der Waals surface area contributed by atoms with E-state index < -0.39 is 0 Å². The van der Waals surface area contributed by atoms with Crippen molar-refractivity contribution in [2.45, 2.75) is 51.9 Å². The second-order valence-electron chi connectivity index (χ2n) is 6.45. The standard InChI is InChI=1S/C21H26N2/c1-2-3-4-5-6-7-9-16-12-13-17-15-18-19(22)10-8-11-20(18)23-21(17)14-16/h8,10-15H,2-7,9,22H2,1H3. The molecule has 2 nitrogen and oxygen atoms in total. The highest BCUT2D eigenvalue weighted by molar-refractivity contribution is 5.98. The summed E-state index contributed by atoms with van der Waals surface area (Å²) in [5.41, 5.74) is 10.3. The van der Waals surface area contributed by atoms with Gasteiger partial charge in [-0.15, -0.1) is 0 Å². The highest BCUT2D eigenvalue weighted by Gasteiger charge is 2.03. The molecule has 0 atom stereocenters. The second-order valence-corrected chi connectivity index (χ2v) is 6.45. The van der Waals surface area contributed by atoms with Crippen molar-refractivity contribution in [2.75, 3.05) is 5.73 Å². The van der Waals surface area contributed by atoms with Crippen molar-refractivity contribution in [3.8, 4) is 0 Å². The van der Waals surface area contributed by atoms with Crippen LogP contribution in [0.15, 0.2) is 42.5 Å². The fraction of sp³-hybridized carbons (Fsp3) is 0.381. The summed E-state index contributed by atoms with van der Waals surface area (Å²) in [7, 11) is 0. The molecule has 0 radical (unpaired) electrons. The summed E-state index contributed by atoms with van der Waals surface area (Å²) in [5.74, 6) is 0. The molecule has 0 fully saturated rings. The van der Waals surface area contributed by atoms with E-state index in [2.05, 4.69) is 31.2 Å². The Labute approximate surface area is 138 Å². The third kappa shape index (κ3) is 3.82. The van der Waals surface area contributed by atoms with Crippen LogP contribution in [0.3, 0.4) is 0 Å². The third-order valence-corrected chi connectivity index (χ3v) is 4.57. The fourth-order valence-electron chi connectivity index (χ4n) is 3.18. The number of rotatable bonds is 7. The largest absolute Gasteiger partial charge is 0.398 e. The Morgan fingerprint density at radius 1 is 0.870 bits per heavy atom. The molecule has 0 unspecified atom stereocenters. The molecule has 1 aromatic heterocycles. The summed E-state index contributed by atoms with van der Waals surface area (Å²) < 4.78 is 0. The van der Waals surface area contributed by atoms with E-state index in [-0.39, 0.29) is 0 Å². The van der Waals surface area contributed by atoms with Crippen molar-refractivity contribution in [3.05, 3.63) is 48.0 Å². The Hall–Kier alpha value is -2.09. The minimum atomic E-state index is 0.799. The lowest BCUT2D eigenvalue weighted by Crippen LogP contribution is -1.91. The van der Waals surface area contributed by atoms with Gasteiger partial charge in [0.2, 0.25) is 0 Å². The average molecular weight is 306 g/mol. The summed E-state index contributed by atoms with van der Waals surface area (Å²) in [6, 6.07) is 14.7. The van der Waals surface area contributed by atoms with Crippen molar-refractivity contribution in [1.82, 2.24) is 4.98 Å². The maximum absolute atomic E-state index is 6.05. The molecular formula is C21H26N2. The Morgan fingerprint density at radius 2 is 1.70 bits per heavy atom. The first-order valence-electron chi connectivity index (χ1n) is 8.86. The van der Waals surface area contributed by atoms with Crippen molar-refractivity contribution in [2.24, 2.45) is 0 Å². The number of anilines is 1. The number of nitrogens with two attached hydrogens (primary N) is 1. The first-order chi connectivity index (χ1) is 11.3. The summed E-state index contributed by atoms with van der Waals surface area (Å²) in [5, 5.41) is 2.21. The molecule has 0 aliphatic heterocycles. The van der Waals surface area contributed by atoms with Gasteiger partial charge in [-0.2, -0.15) is 0 Å². The number of pyridine rings is 1. The maximum atomic E-state index is 6.05. The van der Waals surface area contributed by atoms with Crippen LogP contribution >= 0.6 is 0 Å². The highest BCUT2D eigenvalue weighted by atomic mass is 14.7. The number of aryl methyl sites for hydroxylation is 1. The molecule has 2 aromatic carbocycles. The van der Waals surface area contributed by atoms with Crippen LogP contribution in [0.1, 0.15) is 51.0 Å². The quantitative estimate of drug-likeness (QED) is 0.336. The SMILES string of the molecule is CCCCCCCCc1ccc2cc3c(N)cccc3nc2c1. The summed E-state index contributed by atoms with van der Waals surface area (Å²) in [4.78, 5) is 4.79. The maximum Gasteiger partial charge on any atom is 0.0730 e. The first kappa shape index (κ1) is 15.8. The molecule has 2 N–H and O–H groups in total. The lowest BCUT2D eigenvalue weighted by atomic mass is 10.0. The summed E-state index contributed by atoms with van der Waals surface area (Å²) >= 11 is 0. The minimum Gasteiger partial charge on any atom is -0.398 e. The van der Waals surface area contributed by atoms with Gasteiger partial charge in [-0.3, -0.25) is 0 Å². The Bertz CT molecular complexity index is 792. The number of fused-ring (bicyclic) bond motifs is 2. The number of hydrogen-bond donors (Lipinski definition) is 1. The average Bonchev–Trinajstić information content (AvgIpc) is 2.57. The van der Waals surface area contributed by atoms with Gasteiger partial charge in [0.1, 0.15) is 0 Å². The molecule has 0 saturated carbocycles. The molecule has 0 saturated heterocycles. The van der Waals surface area contributed by atoms with Gasteiger partial charge in [-0.1, -0.05) is 57.2 Å². The van der Waals surface area contributed by atoms with Crippen molar-refractivity contribution >= 4 is 27.5 Å². The molecule has 3 rings (SSSR count). The van der Waals surface area contributed by atoms with Gasteiger partial charge in [0, 0.05) is 16.5 Å². The molecule has 0 bridgehead atoms. The lowest BCUT2D eigenvalue weighted by Gasteiger charge is -2.07. The minimum absolute atomic E-state index is 0.799. The van der Waals surface area contributed by atoms with E-state index >= 15 is 0 Å². The van der Waals surface area contributed by atoms with E-state index in [1.165, 1.54) is 49.5 Å². The number of nitrogens with zero attached hydrogens (tertiary/aromatic N) is 1. The van der Waals surface area contributed by atoms with Crippen LogP contribution in [-0.4, -0.2) is 4.98 Å². The summed E-state index contributed by atoms with van der Waals surface area (Å²) in [6.07, 6.45) is 9.19. The van der Waals surface area contributed by atoms with Crippen LogP contribution in [0, 0.1) is 0 Å². The van der Waals surface area contributed by atoms with Gasteiger partial charge in [-0.25, -0.2) is 4.98 Å². The number of hydrogen-bond acceptors (Lipinski definition) is 2. The smallest absolute Gasteiger partial charge is 0.0730 e. The number of unbranched alkanes of at least 4 members (excludes halogenated alkanes) is 5. The van der Waals surface area contributed by atoms with Gasteiger partial charge in [0.05, 0.1) is 11.0 Å². The van der Waals surface area contributed by atoms with Gasteiger partial charge in [0.25, 0.3) is 0 Å². The fourth-order valence-corrected chi connectivity index (χ4v) is 3.18. The van der Waals surface area contributed by atoms with Crippen LogP contribution < -0.4 is 5.73 Å². The molecule has 1 heterocycles. The molecule has 0 spiro atoms. The monoisotopic (exact) mass is 306 g/mol. The van der Waals surface area contributed by atoms with E-state index in [0.29, 0.717) is 0 Å². The third-order valence-electron chi connectivity index (χ3n) is 4.57.